The summed E-state index contributed by atoms with van der Waals surface area (Å²) in [5.41, 5.74) is 2.01. The molecule has 0 bridgehead atoms. The number of esters is 1. The SMILES string of the molecule is CN(c1ccccc1)S(=O)(=O)c1cc(C(=O)OCc2csc(Nc3ccccc3)n2)ccc1Cl. The van der Waals surface area contributed by atoms with Gasteiger partial charge in [0.1, 0.15) is 11.5 Å². The smallest absolute Gasteiger partial charge is 0.338 e. The number of rotatable bonds is 8. The molecule has 0 saturated carbocycles. The zero-order valence-corrected chi connectivity index (χ0v) is 20.4. The highest BCUT2D eigenvalue weighted by molar-refractivity contribution is 7.93. The van der Waals surface area contributed by atoms with Gasteiger partial charge in [-0.1, -0.05) is 48.0 Å². The summed E-state index contributed by atoms with van der Waals surface area (Å²) >= 11 is 7.57. The summed E-state index contributed by atoms with van der Waals surface area (Å²) in [4.78, 5) is 16.9. The molecule has 4 rings (SSSR count). The molecule has 0 spiro atoms. The zero-order chi connectivity index (χ0) is 24.1. The van der Waals surface area contributed by atoms with Crippen molar-refractivity contribution in [3.63, 3.8) is 0 Å². The fourth-order valence-electron chi connectivity index (χ4n) is 3.05. The lowest BCUT2D eigenvalue weighted by atomic mass is 10.2. The highest BCUT2D eigenvalue weighted by Crippen LogP contribution is 2.29. The molecular formula is C24H20ClN3O4S2. The topological polar surface area (TPSA) is 88.6 Å². The second-order valence-corrected chi connectivity index (χ2v) is 10.4. The van der Waals surface area contributed by atoms with Gasteiger partial charge in [-0.15, -0.1) is 11.3 Å². The fraction of sp³-hybridized carbons (Fsp3) is 0.0833. The summed E-state index contributed by atoms with van der Waals surface area (Å²) in [7, 11) is -2.57. The van der Waals surface area contributed by atoms with Gasteiger partial charge in [0.2, 0.25) is 0 Å². The van der Waals surface area contributed by atoms with Crippen LogP contribution in [0.5, 0.6) is 0 Å². The fourth-order valence-corrected chi connectivity index (χ4v) is 5.46. The van der Waals surface area contributed by atoms with Gasteiger partial charge in [-0.3, -0.25) is 4.31 Å². The molecule has 0 radical (unpaired) electrons. The molecule has 34 heavy (non-hydrogen) atoms. The molecule has 174 valence electrons. The van der Waals surface area contributed by atoms with E-state index in [2.05, 4.69) is 10.3 Å². The molecule has 3 aromatic carbocycles. The number of sulfonamides is 1. The monoisotopic (exact) mass is 513 g/mol. The minimum absolute atomic E-state index is 0.00969. The number of benzene rings is 3. The van der Waals surface area contributed by atoms with Crippen molar-refractivity contribution in [2.75, 3.05) is 16.7 Å². The van der Waals surface area contributed by atoms with Gasteiger partial charge in [0.15, 0.2) is 5.13 Å². The standard InChI is InChI=1S/C24H20ClN3O4S2/c1-28(20-10-6-3-7-11-20)34(30,31)22-14-17(12-13-21(22)25)23(29)32-15-19-16-33-24(27-19)26-18-8-4-2-5-9-18/h2-14,16H,15H2,1H3,(H,26,27). The minimum atomic E-state index is -4.00. The Kier molecular flexibility index (Phi) is 7.16. The Labute approximate surface area is 206 Å². The largest absolute Gasteiger partial charge is 0.456 e. The lowest BCUT2D eigenvalue weighted by Gasteiger charge is -2.20. The highest BCUT2D eigenvalue weighted by atomic mass is 35.5. The van der Waals surface area contributed by atoms with E-state index >= 15 is 0 Å². The van der Waals surface area contributed by atoms with Crippen molar-refractivity contribution in [1.29, 1.82) is 0 Å². The Morgan fingerprint density at radius 3 is 2.44 bits per heavy atom. The molecule has 0 aliphatic rings. The Morgan fingerprint density at radius 1 is 1.06 bits per heavy atom. The van der Waals surface area contributed by atoms with Crippen LogP contribution in [0.25, 0.3) is 0 Å². The first-order chi connectivity index (χ1) is 16.3. The number of halogens is 1. The van der Waals surface area contributed by atoms with Gasteiger partial charge >= 0.3 is 5.97 Å². The van der Waals surface area contributed by atoms with Crippen LogP contribution in [-0.2, 0) is 21.4 Å². The third-order valence-corrected chi connectivity index (χ3v) is 7.93. The zero-order valence-electron chi connectivity index (χ0n) is 18.0. The van der Waals surface area contributed by atoms with E-state index in [1.165, 1.54) is 36.6 Å². The average molecular weight is 514 g/mol. The Hall–Kier alpha value is -3.40. The molecule has 1 aromatic heterocycles. The number of nitrogens with zero attached hydrogens (tertiary/aromatic N) is 2. The van der Waals surface area contributed by atoms with Crippen LogP contribution in [-0.4, -0.2) is 26.4 Å². The van der Waals surface area contributed by atoms with Crippen LogP contribution in [0.1, 0.15) is 16.1 Å². The van der Waals surface area contributed by atoms with Crippen LogP contribution in [0.4, 0.5) is 16.5 Å². The quantitative estimate of drug-likeness (QED) is 0.303. The summed E-state index contributed by atoms with van der Waals surface area (Å²) in [5.74, 6) is -0.680. The van der Waals surface area contributed by atoms with E-state index in [4.69, 9.17) is 16.3 Å². The minimum Gasteiger partial charge on any atom is -0.456 e. The highest BCUT2D eigenvalue weighted by Gasteiger charge is 2.25. The molecule has 0 saturated heterocycles. The second-order valence-electron chi connectivity index (χ2n) is 7.16. The van der Waals surface area contributed by atoms with Crippen LogP contribution in [0.2, 0.25) is 5.02 Å². The number of hydrogen-bond acceptors (Lipinski definition) is 7. The third-order valence-electron chi connectivity index (χ3n) is 4.85. The molecule has 0 unspecified atom stereocenters. The first-order valence-electron chi connectivity index (χ1n) is 10.1. The Morgan fingerprint density at radius 2 is 1.74 bits per heavy atom. The van der Waals surface area contributed by atoms with E-state index < -0.39 is 16.0 Å². The number of nitrogens with one attached hydrogen (secondary N) is 1. The van der Waals surface area contributed by atoms with Crippen LogP contribution in [0.3, 0.4) is 0 Å². The number of thiazole rings is 1. The molecular weight excluding hydrogens is 494 g/mol. The van der Waals surface area contributed by atoms with Crippen molar-refractivity contribution in [3.8, 4) is 0 Å². The summed E-state index contributed by atoms with van der Waals surface area (Å²) < 4.78 is 32.7. The third kappa shape index (κ3) is 5.39. The normalized spacial score (nSPS) is 11.1. The van der Waals surface area contributed by atoms with E-state index in [-0.39, 0.29) is 22.1 Å². The molecule has 10 heteroatoms. The van der Waals surface area contributed by atoms with E-state index in [1.807, 2.05) is 30.3 Å². The predicted molar refractivity (Wildman–Crippen MR) is 134 cm³/mol. The number of ether oxygens (including phenoxy) is 1. The van der Waals surface area contributed by atoms with Gasteiger partial charge in [-0.25, -0.2) is 18.2 Å². The lowest BCUT2D eigenvalue weighted by molar-refractivity contribution is 0.0468. The molecule has 0 amide bonds. The molecule has 1 heterocycles. The number of carbonyl (C=O) groups is 1. The van der Waals surface area contributed by atoms with Crippen LogP contribution in [0.15, 0.2) is 89.1 Å². The van der Waals surface area contributed by atoms with Gasteiger partial charge < -0.3 is 10.1 Å². The van der Waals surface area contributed by atoms with Gasteiger partial charge in [-0.05, 0) is 42.5 Å². The second kappa shape index (κ2) is 10.3. The summed E-state index contributed by atoms with van der Waals surface area (Å²) in [6.07, 6.45) is 0. The van der Waals surface area contributed by atoms with Crippen molar-refractivity contribution in [2.45, 2.75) is 11.5 Å². The van der Waals surface area contributed by atoms with Gasteiger partial charge in [0, 0.05) is 18.1 Å². The van der Waals surface area contributed by atoms with Crippen LogP contribution in [0, 0.1) is 0 Å². The predicted octanol–water partition coefficient (Wildman–Crippen LogP) is 5.72. The maximum Gasteiger partial charge on any atom is 0.338 e. The van der Waals surface area contributed by atoms with Crippen molar-refractivity contribution < 1.29 is 17.9 Å². The van der Waals surface area contributed by atoms with Crippen molar-refractivity contribution in [1.82, 2.24) is 4.98 Å². The molecule has 7 nitrogen and oxygen atoms in total. The van der Waals surface area contributed by atoms with Crippen molar-refractivity contribution >= 4 is 55.4 Å². The van der Waals surface area contributed by atoms with E-state index in [9.17, 15) is 13.2 Å². The lowest BCUT2D eigenvalue weighted by Crippen LogP contribution is -2.27. The van der Waals surface area contributed by atoms with Gasteiger partial charge in [0.05, 0.1) is 22.0 Å². The number of anilines is 3. The van der Waals surface area contributed by atoms with Crippen molar-refractivity contribution in [2.24, 2.45) is 0 Å². The molecule has 0 fully saturated rings. The maximum atomic E-state index is 13.1. The molecule has 4 aromatic rings. The van der Waals surface area contributed by atoms with E-state index in [0.717, 1.165) is 9.99 Å². The Balaban J connectivity index is 1.46. The van der Waals surface area contributed by atoms with E-state index in [1.54, 1.807) is 35.7 Å². The molecule has 0 atom stereocenters. The van der Waals surface area contributed by atoms with Crippen LogP contribution >= 0.6 is 22.9 Å². The summed E-state index contributed by atoms with van der Waals surface area (Å²) in [5, 5.41) is 5.64. The number of carbonyl (C=O) groups excluding carboxylic acids is 1. The van der Waals surface area contributed by atoms with Crippen LogP contribution < -0.4 is 9.62 Å². The maximum absolute atomic E-state index is 13.1. The molecule has 0 aliphatic carbocycles. The first kappa shape index (κ1) is 23.7. The summed E-state index contributed by atoms with van der Waals surface area (Å²) in [6, 6.07) is 22.2. The summed E-state index contributed by atoms with van der Waals surface area (Å²) in [6.45, 7) is -0.0551. The molecule has 0 aliphatic heterocycles. The number of para-hydroxylation sites is 2. The average Bonchev–Trinajstić information content (AvgIpc) is 3.30. The van der Waals surface area contributed by atoms with Gasteiger partial charge in [0.25, 0.3) is 10.0 Å². The van der Waals surface area contributed by atoms with Crippen molar-refractivity contribution in [3.05, 3.63) is 101 Å². The number of hydrogen-bond donors (Lipinski definition) is 1. The van der Waals surface area contributed by atoms with Gasteiger partial charge in [-0.2, -0.15) is 0 Å². The number of aromatic nitrogens is 1. The Bertz CT molecular complexity index is 1390. The molecule has 1 N–H and O–H groups in total. The van der Waals surface area contributed by atoms with E-state index in [0.29, 0.717) is 16.5 Å². The first-order valence-corrected chi connectivity index (χ1v) is 12.8.